The summed E-state index contributed by atoms with van der Waals surface area (Å²) in [5.74, 6) is -0.468. The number of carbonyl (C=O) groups excluding carboxylic acids is 2. The lowest BCUT2D eigenvalue weighted by Crippen LogP contribution is -2.26. The Hall–Kier alpha value is -2.44. The van der Waals surface area contributed by atoms with Gasteiger partial charge in [0.05, 0.1) is 6.54 Å². The van der Waals surface area contributed by atoms with E-state index in [4.69, 9.17) is 0 Å². The first-order chi connectivity index (χ1) is 8.63. The van der Waals surface area contributed by atoms with E-state index < -0.39 is 0 Å². The minimum Gasteiger partial charge on any atom is -0.362 e. The number of nitrogens with one attached hydrogen (secondary N) is 2. The lowest BCUT2D eigenvalue weighted by atomic mass is 10.2. The van der Waals surface area contributed by atoms with Gasteiger partial charge in [0.1, 0.15) is 6.61 Å². The summed E-state index contributed by atoms with van der Waals surface area (Å²) >= 11 is 0. The summed E-state index contributed by atoms with van der Waals surface area (Å²) in [6, 6.07) is 6.42. The van der Waals surface area contributed by atoms with Crippen molar-refractivity contribution >= 4 is 17.5 Å². The Kier molecular flexibility index (Phi) is 5.30. The molecule has 1 aromatic rings. The van der Waals surface area contributed by atoms with E-state index in [1.165, 1.54) is 6.92 Å². The molecular formula is C11H13N3O4. The Balaban J connectivity index is 2.48. The Morgan fingerprint density at radius 1 is 1.28 bits per heavy atom. The SMILES string of the molecule is CC(=O)Nc1ccc(C(=O)NCCON=O)cc1. The predicted octanol–water partition coefficient (Wildman–Crippen LogP) is 1.07. The summed E-state index contributed by atoms with van der Waals surface area (Å²) in [5, 5.41) is 7.34. The number of amides is 2. The lowest BCUT2D eigenvalue weighted by Gasteiger charge is -2.05. The molecule has 2 amide bonds. The fourth-order valence-electron chi connectivity index (χ4n) is 1.26. The van der Waals surface area contributed by atoms with Crippen LogP contribution in [0.3, 0.4) is 0 Å². The molecule has 0 spiro atoms. The summed E-state index contributed by atoms with van der Waals surface area (Å²) < 4.78 is 0. The second kappa shape index (κ2) is 7.00. The molecule has 0 aliphatic rings. The second-order valence-electron chi connectivity index (χ2n) is 3.42. The van der Waals surface area contributed by atoms with Crippen LogP contribution in [0.2, 0.25) is 0 Å². The number of benzene rings is 1. The summed E-state index contributed by atoms with van der Waals surface area (Å²) in [6.45, 7) is 1.62. The standard InChI is InChI=1S/C11H13N3O4/c1-8(15)13-10-4-2-9(3-5-10)11(16)12-6-7-18-14-17/h2-5H,6-7H2,1H3,(H,12,16)(H,13,15). The highest BCUT2D eigenvalue weighted by Crippen LogP contribution is 2.09. The van der Waals surface area contributed by atoms with Gasteiger partial charge >= 0.3 is 0 Å². The molecule has 1 rings (SSSR count). The number of carbonyl (C=O) groups is 2. The van der Waals surface area contributed by atoms with Crippen LogP contribution in [0.4, 0.5) is 5.69 Å². The van der Waals surface area contributed by atoms with Gasteiger partial charge in [0.15, 0.2) is 5.34 Å². The van der Waals surface area contributed by atoms with Gasteiger partial charge in [0.25, 0.3) is 5.91 Å². The molecule has 1 aromatic carbocycles. The van der Waals surface area contributed by atoms with E-state index in [1.807, 2.05) is 0 Å². The molecule has 0 fully saturated rings. The highest BCUT2D eigenvalue weighted by molar-refractivity contribution is 5.95. The van der Waals surface area contributed by atoms with Gasteiger partial charge in [-0.3, -0.25) is 9.59 Å². The van der Waals surface area contributed by atoms with Crippen LogP contribution in [0.1, 0.15) is 17.3 Å². The van der Waals surface area contributed by atoms with Crippen molar-refractivity contribution in [3.8, 4) is 0 Å². The Morgan fingerprint density at radius 3 is 2.50 bits per heavy atom. The van der Waals surface area contributed by atoms with E-state index >= 15 is 0 Å². The molecule has 96 valence electrons. The van der Waals surface area contributed by atoms with Crippen molar-refractivity contribution in [2.45, 2.75) is 6.92 Å². The molecule has 0 atom stereocenters. The minimum atomic E-state index is -0.293. The third-order valence-corrected chi connectivity index (χ3v) is 2.00. The van der Waals surface area contributed by atoms with Crippen molar-refractivity contribution in [1.82, 2.24) is 5.32 Å². The third kappa shape index (κ3) is 4.60. The van der Waals surface area contributed by atoms with E-state index in [2.05, 4.69) is 20.8 Å². The van der Waals surface area contributed by atoms with Crippen LogP contribution in [-0.4, -0.2) is 25.0 Å². The van der Waals surface area contributed by atoms with Gasteiger partial charge in [-0.05, 0) is 24.3 Å². The summed E-state index contributed by atoms with van der Waals surface area (Å²) in [6.07, 6.45) is 0. The van der Waals surface area contributed by atoms with Crippen molar-refractivity contribution in [2.24, 2.45) is 5.34 Å². The molecule has 0 aliphatic heterocycles. The number of anilines is 1. The minimum absolute atomic E-state index is 0.0270. The Bertz CT molecular complexity index is 430. The predicted molar refractivity (Wildman–Crippen MR) is 64.8 cm³/mol. The number of hydrogen-bond acceptors (Lipinski definition) is 5. The lowest BCUT2D eigenvalue weighted by molar-refractivity contribution is -0.114. The normalized spacial score (nSPS) is 9.39. The maximum atomic E-state index is 11.6. The molecule has 0 bridgehead atoms. The van der Waals surface area contributed by atoms with E-state index in [0.29, 0.717) is 11.3 Å². The highest BCUT2D eigenvalue weighted by Gasteiger charge is 2.04. The quantitative estimate of drug-likeness (QED) is 0.449. The number of nitrogens with zero attached hydrogens (tertiary/aromatic N) is 1. The first-order valence-electron chi connectivity index (χ1n) is 5.24. The van der Waals surface area contributed by atoms with Gasteiger partial charge in [0.2, 0.25) is 5.91 Å². The zero-order valence-electron chi connectivity index (χ0n) is 9.80. The third-order valence-electron chi connectivity index (χ3n) is 2.00. The zero-order chi connectivity index (χ0) is 13.4. The van der Waals surface area contributed by atoms with Gasteiger partial charge in [-0.1, -0.05) is 0 Å². The van der Waals surface area contributed by atoms with Crippen LogP contribution in [-0.2, 0) is 9.63 Å². The van der Waals surface area contributed by atoms with Crippen LogP contribution >= 0.6 is 0 Å². The van der Waals surface area contributed by atoms with Crippen molar-refractivity contribution in [1.29, 1.82) is 0 Å². The van der Waals surface area contributed by atoms with E-state index in [1.54, 1.807) is 24.3 Å². The number of hydrogen-bond donors (Lipinski definition) is 2. The molecule has 0 aliphatic carbocycles. The van der Waals surface area contributed by atoms with Crippen LogP contribution < -0.4 is 10.6 Å². The summed E-state index contributed by atoms with van der Waals surface area (Å²) in [4.78, 5) is 36.2. The van der Waals surface area contributed by atoms with Crippen LogP contribution in [0.15, 0.2) is 29.6 Å². The van der Waals surface area contributed by atoms with Gasteiger partial charge in [-0.2, -0.15) is 0 Å². The molecule has 0 saturated heterocycles. The van der Waals surface area contributed by atoms with Gasteiger partial charge in [-0.15, -0.1) is 4.91 Å². The Labute approximate surface area is 103 Å². The molecule has 0 heterocycles. The van der Waals surface area contributed by atoms with Crippen molar-refractivity contribution in [3.63, 3.8) is 0 Å². The molecule has 0 unspecified atom stereocenters. The smallest absolute Gasteiger partial charge is 0.251 e. The van der Waals surface area contributed by atoms with Crippen LogP contribution in [0.5, 0.6) is 0 Å². The average Bonchev–Trinajstić information content (AvgIpc) is 2.34. The molecule has 0 aromatic heterocycles. The van der Waals surface area contributed by atoms with E-state index in [9.17, 15) is 14.5 Å². The second-order valence-corrected chi connectivity index (χ2v) is 3.42. The monoisotopic (exact) mass is 251 g/mol. The zero-order valence-corrected chi connectivity index (χ0v) is 9.80. The molecular weight excluding hydrogens is 238 g/mol. The molecule has 18 heavy (non-hydrogen) atoms. The van der Waals surface area contributed by atoms with Crippen LogP contribution in [0.25, 0.3) is 0 Å². The van der Waals surface area contributed by atoms with Crippen LogP contribution in [0, 0.1) is 4.91 Å². The highest BCUT2D eigenvalue weighted by atomic mass is 16.7. The topological polar surface area (TPSA) is 96.9 Å². The Morgan fingerprint density at radius 2 is 1.94 bits per heavy atom. The molecule has 0 saturated carbocycles. The molecule has 7 heteroatoms. The van der Waals surface area contributed by atoms with Gasteiger partial charge in [-0.25, -0.2) is 0 Å². The maximum absolute atomic E-state index is 11.6. The fraction of sp³-hybridized carbons (Fsp3) is 0.273. The van der Waals surface area contributed by atoms with Crippen molar-refractivity contribution in [3.05, 3.63) is 34.7 Å². The summed E-state index contributed by atoms with van der Waals surface area (Å²) in [7, 11) is 0. The van der Waals surface area contributed by atoms with E-state index in [-0.39, 0.29) is 25.0 Å². The molecule has 7 nitrogen and oxygen atoms in total. The maximum Gasteiger partial charge on any atom is 0.251 e. The van der Waals surface area contributed by atoms with Gasteiger partial charge < -0.3 is 15.5 Å². The largest absolute Gasteiger partial charge is 0.362 e. The summed E-state index contributed by atoms with van der Waals surface area (Å²) in [5.41, 5.74) is 1.07. The first kappa shape index (κ1) is 13.6. The first-order valence-corrected chi connectivity index (χ1v) is 5.24. The molecule has 2 N–H and O–H groups in total. The fourth-order valence-corrected chi connectivity index (χ4v) is 1.26. The van der Waals surface area contributed by atoms with Crippen molar-refractivity contribution in [2.75, 3.05) is 18.5 Å². The molecule has 0 radical (unpaired) electrons. The van der Waals surface area contributed by atoms with Gasteiger partial charge in [0, 0.05) is 18.2 Å². The average molecular weight is 251 g/mol. The van der Waals surface area contributed by atoms with Crippen molar-refractivity contribution < 1.29 is 14.4 Å². The number of rotatable bonds is 6. The van der Waals surface area contributed by atoms with E-state index in [0.717, 1.165) is 0 Å².